The second kappa shape index (κ2) is 11.0. The summed E-state index contributed by atoms with van der Waals surface area (Å²) in [7, 11) is 0. The van der Waals surface area contributed by atoms with Crippen molar-refractivity contribution in [3.8, 4) is 0 Å². The van der Waals surface area contributed by atoms with E-state index in [9.17, 15) is 4.79 Å². The maximum Gasteiger partial charge on any atom is 0.252 e. The van der Waals surface area contributed by atoms with E-state index < -0.39 is 0 Å². The molecule has 6 rings (SSSR count). The largest absolute Gasteiger partial charge is 0.349 e. The SMILES string of the molecule is O=C(N[C@H]1CC[C@H](CCN2CCc3sc(Nc4ccccc4)nc3C2)CC1)c1cccc2ncccc12. The Labute approximate surface area is 222 Å². The van der Waals surface area contributed by atoms with E-state index in [2.05, 4.69) is 32.7 Å². The number of pyridine rings is 1. The van der Waals surface area contributed by atoms with Crippen molar-refractivity contribution < 1.29 is 4.79 Å². The van der Waals surface area contributed by atoms with Gasteiger partial charge in [-0.05, 0) is 81.3 Å². The molecule has 1 aliphatic heterocycles. The van der Waals surface area contributed by atoms with E-state index in [4.69, 9.17) is 4.98 Å². The highest BCUT2D eigenvalue weighted by molar-refractivity contribution is 7.15. The first-order valence-electron chi connectivity index (χ1n) is 13.4. The number of nitrogens with one attached hydrogen (secondary N) is 2. The van der Waals surface area contributed by atoms with Gasteiger partial charge in [-0.15, -0.1) is 11.3 Å². The number of amides is 1. The Hall–Kier alpha value is -3.29. The Bertz CT molecular complexity index is 1360. The predicted molar refractivity (Wildman–Crippen MR) is 150 cm³/mol. The normalized spacial score (nSPS) is 19.9. The van der Waals surface area contributed by atoms with Crippen LogP contribution in [0.1, 0.15) is 53.0 Å². The number of thiazole rings is 1. The maximum atomic E-state index is 13.0. The fraction of sp³-hybridized carbons (Fsp3) is 0.367. The molecule has 0 unspecified atom stereocenters. The molecule has 1 fully saturated rings. The van der Waals surface area contributed by atoms with Crippen LogP contribution in [0.3, 0.4) is 0 Å². The zero-order chi connectivity index (χ0) is 25.0. The second-order valence-corrected chi connectivity index (χ2v) is 11.3. The first kappa shape index (κ1) is 24.1. The average Bonchev–Trinajstić information content (AvgIpc) is 3.34. The van der Waals surface area contributed by atoms with Gasteiger partial charge >= 0.3 is 0 Å². The first-order chi connectivity index (χ1) is 18.2. The second-order valence-electron chi connectivity index (χ2n) is 10.3. The molecule has 4 aromatic rings. The van der Waals surface area contributed by atoms with Crippen LogP contribution in [-0.2, 0) is 13.0 Å². The molecule has 2 aromatic heterocycles. The van der Waals surface area contributed by atoms with Crippen molar-refractivity contribution in [2.45, 2.75) is 51.1 Å². The van der Waals surface area contributed by atoms with Gasteiger partial charge < -0.3 is 10.6 Å². The van der Waals surface area contributed by atoms with Crippen LogP contribution in [0, 0.1) is 5.92 Å². The Morgan fingerprint density at radius 1 is 1.00 bits per heavy atom. The molecule has 7 heteroatoms. The average molecular weight is 512 g/mol. The van der Waals surface area contributed by atoms with Gasteiger partial charge in [0.2, 0.25) is 0 Å². The molecule has 0 spiro atoms. The molecular formula is C30H33N5OS. The van der Waals surface area contributed by atoms with Crippen LogP contribution in [-0.4, -0.2) is 39.9 Å². The Morgan fingerprint density at radius 3 is 2.73 bits per heavy atom. The molecule has 190 valence electrons. The number of carbonyl (C=O) groups is 1. The zero-order valence-corrected chi connectivity index (χ0v) is 21.8. The van der Waals surface area contributed by atoms with Crippen LogP contribution in [0.15, 0.2) is 66.9 Å². The molecule has 1 aliphatic carbocycles. The topological polar surface area (TPSA) is 70.2 Å². The molecule has 6 nitrogen and oxygen atoms in total. The number of anilines is 2. The highest BCUT2D eigenvalue weighted by Crippen LogP contribution is 2.32. The lowest BCUT2D eigenvalue weighted by atomic mass is 9.84. The summed E-state index contributed by atoms with van der Waals surface area (Å²) in [6.45, 7) is 3.20. The van der Waals surface area contributed by atoms with E-state index in [1.807, 2.05) is 48.5 Å². The number of rotatable bonds is 7. The highest BCUT2D eigenvalue weighted by atomic mass is 32.1. The van der Waals surface area contributed by atoms with E-state index in [1.165, 1.54) is 29.8 Å². The van der Waals surface area contributed by atoms with Gasteiger partial charge in [-0.3, -0.25) is 14.7 Å². The quantitative estimate of drug-likeness (QED) is 0.310. The Balaban J connectivity index is 0.962. The molecule has 1 saturated carbocycles. The highest BCUT2D eigenvalue weighted by Gasteiger charge is 2.25. The maximum absolute atomic E-state index is 13.0. The van der Waals surface area contributed by atoms with E-state index in [0.717, 1.165) is 72.1 Å². The van der Waals surface area contributed by atoms with Crippen LogP contribution in [0.5, 0.6) is 0 Å². The summed E-state index contributed by atoms with van der Waals surface area (Å²) >= 11 is 1.80. The molecule has 0 radical (unpaired) electrons. The lowest BCUT2D eigenvalue weighted by Crippen LogP contribution is -2.38. The first-order valence-corrected chi connectivity index (χ1v) is 14.2. The van der Waals surface area contributed by atoms with E-state index in [0.29, 0.717) is 0 Å². The number of carbonyl (C=O) groups excluding carboxylic acids is 1. The summed E-state index contributed by atoms with van der Waals surface area (Å²) in [6, 6.07) is 20.2. The van der Waals surface area contributed by atoms with Crippen molar-refractivity contribution in [3.63, 3.8) is 0 Å². The third-order valence-electron chi connectivity index (χ3n) is 7.76. The van der Waals surface area contributed by atoms with Crippen molar-refractivity contribution in [3.05, 3.63) is 83.0 Å². The molecule has 37 heavy (non-hydrogen) atoms. The van der Waals surface area contributed by atoms with Crippen LogP contribution in [0.2, 0.25) is 0 Å². The summed E-state index contributed by atoms with van der Waals surface area (Å²) in [5.74, 6) is 0.762. The van der Waals surface area contributed by atoms with Gasteiger partial charge in [0.1, 0.15) is 0 Å². The standard InChI is InChI=1S/C30H33N5OS/c36-29(25-8-4-10-26-24(25)9-5-17-31-26)32-23-13-11-21(12-14-23)15-18-35-19-16-28-27(20-35)34-30(37-28)33-22-6-2-1-3-7-22/h1-10,17,21,23H,11-16,18-20H2,(H,32,36)(H,33,34)/t21-,23-. The van der Waals surface area contributed by atoms with Gasteiger partial charge in [-0.1, -0.05) is 30.3 Å². The van der Waals surface area contributed by atoms with Gasteiger partial charge in [0.25, 0.3) is 5.91 Å². The number of nitrogens with zero attached hydrogens (tertiary/aromatic N) is 3. The molecule has 2 aliphatic rings. The monoisotopic (exact) mass is 511 g/mol. The van der Waals surface area contributed by atoms with E-state index >= 15 is 0 Å². The molecule has 0 atom stereocenters. The lowest BCUT2D eigenvalue weighted by Gasteiger charge is -2.32. The summed E-state index contributed by atoms with van der Waals surface area (Å²) in [5.41, 5.74) is 3.92. The number of benzene rings is 2. The van der Waals surface area contributed by atoms with Crippen molar-refractivity contribution >= 4 is 39.0 Å². The van der Waals surface area contributed by atoms with E-state index in [1.54, 1.807) is 17.5 Å². The molecular weight excluding hydrogens is 478 g/mol. The minimum Gasteiger partial charge on any atom is -0.349 e. The number of para-hydroxylation sites is 1. The third kappa shape index (κ3) is 5.68. The van der Waals surface area contributed by atoms with Crippen molar-refractivity contribution in [2.75, 3.05) is 18.4 Å². The minimum atomic E-state index is 0.0237. The van der Waals surface area contributed by atoms with Crippen molar-refractivity contribution in [2.24, 2.45) is 5.92 Å². The Kier molecular flexibility index (Phi) is 7.15. The number of hydrogen-bond acceptors (Lipinski definition) is 6. The van der Waals surface area contributed by atoms with Gasteiger partial charge in [-0.2, -0.15) is 0 Å². The summed E-state index contributed by atoms with van der Waals surface area (Å²) in [6.07, 6.45) is 8.57. The number of fused-ring (bicyclic) bond motifs is 2. The summed E-state index contributed by atoms with van der Waals surface area (Å²) in [5, 5.41) is 8.66. The summed E-state index contributed by atoms with van der Waals surface area (Å²) < 4.78 is 0. The molecule has 2 aromatic carbocycles. The molecule has 0 saturated heterocycles. The van der Waals surface area contributed by atoms with Gasteiger partial charge in [0, 0.05) is 46.8 Å². The van der Waals surface area contributed by atoms with Crippen LogP contribution in [0.4, 0.5) is 10.8 Å². The van der Waals surface area contributed by atoms with Crippen LogP contribution < -0.4 is 10.6 Å². The van der Waals surface area contributed by atoms with Gasteiger partial charge in [-0.25, -0.2) is 4.98 Å². The van der Waals surface area contributed by atoms with Crippen LogP contribution in [0.25, 0.3) is 10.9 Å². The predicted octanol–water partition coefficient (Wildman–Crippen LogP) is 6.17. The third-order valence-corrected chi connectivity index (χ3v) is 8.83. The molecule has 0 bridgehead atoms. The molecule has 2 N–H and O–H groups in total. The van der Waals surface area contributed by atoms with Crippen LogP contribution >= 0.6 is 11.3 Å². The number of hydrogen-bond donors (Lipinski definition) is 2. The van der Waals surface area contributed by atoms with Crippen molar-refractivity contribution in [1.29, 1.82) is 0 Å². The lowest BCUT2D eigenvalue weighted by molar-refractivity contribution is 0.0921. The van der Waals surface area contributed by atoms with Gasteiger partial charge in [0.05, 0.1) is 11.2 Å². The van der Waals surface area contributed by atoms with Crippen molar-refractivity contribution in [1.82, 2.24) is 20.2 Å². The fourth-order valence-electron chi connectivity index (χ4n) is 5.67. The Morgan fingerprint density at radius 2 is 1.86 bits per heavy atom. The smallest absolute Gasteiger partial charge is 0.252 e. The zero-order valence-electron chi connectivity index (χ0n) is 21.0. The minimum absolute atomic E-state index is 0.0237. The molecule has 3 heterocycles. The molecule has 1 amide bonds. The van der Waals surface area contributed by atoms with E-state index in [-0.39, 0.29) is 11.9 Å². The number of aromatic nitrogens is 2. The fourth-order valence-corrected chi connectivity index (χ4v) is 6.65. The summed E-state index contributed by atoms with van der Waals surface area (Å²) in [4.78, 5) is 26.3. The van der Waals surface area contributed by atoms with Gasteiger partial charge in [0.15, 0.2) is 5.13 Å².